The maximum absolute atomic E-state index is 5.23. The molecule has 2 aromatic heterocycles. The van der Waals surface area contributed by atoms with Crippen LogP contribution in [0.25, 0.3) is 44.3 Å². The monoisotopic (exact) mass is 1150 g/mol. The number of unbranched alkanes of at least 4 members (excludes halogenated alkanes) is 44. The smallest absolute Gasteiger partial charge is 0.112 e. The fourth-order valence-electron chi connectivity index (χ4n) is 15.5. The zero-order valence-corrected chi connectivity index (χ0v) is 55.5. The van der Waals surface area contributed by atoms with Crippen molar-refractivity contribution < 1.29 is 0 Å². The minimum absolute atomic E-state index is 0.0286. The number of benzene rings is 3. The van der Waals surface area contributed by atoms with E-state index in [1.165, 1.54) is 380 Å². The second-order valence-electron chi connectivity index (χ2n) is 26.9. The van der Waals surface area contributed by atoms with Gasteiger partial charge in [0.25, 0.3) is 0 Å². The molecule has 5 aromatic rings. The molecule has 0 bridgehead atoms. The highest BCUT2D eigenvalue weighted by Crippen LogP contribution is 2.62. The van der Waals surface area contributed by atoms with Crippen LogP contribution in [0.15, 0.2) is 36.4 Å². The molecule has 3 aromatic carbocycles. The van der Waals surface area contributed by atoms with Crippen LogP contribution in [0, 0.1) is 0 Å². The molecule has 6 heteroatoms. The minimum Gasteiger partial charge on any atom is -0.173 e. The van der Waals surface area contributed by atoms with Crippen molar-refractivity contribution in [2.45, 2.75) is 372 Å². The topological polar surface area (TPSA) is 51.6 Å². The zero-order valence-electron chi connectivity index (χ0n) is 53.8. The molecule has 0 aliphatic heterocycles. The maximum Gasteiger partial charge on any atom is 0.112 e. The first kappa shape index (κ1) is 66.8. The van der Waals surface area contributed by atoms with Crippen LogP contribution in [0.3, 0.4) is 0 Å². The van der Waals surface area contributed by atoms with E-state index in [2.05, 4.69) is 64.1 Å². The Hall–Kier alpha value is -2.70. The molecule has 0 fully saturated rings. The Labute approximate surface area is 513 Å². The summed E-state index contributed by atoms with van der Waals surface area (Å²) < 4.78 is 20.4. The molecule has 4 nitrogen and oxygen atoms in total. The lowest BCUT2D eigenvalue weighted by Gasteiger charge is -2.35. The van der Waals surface area contributed by atoms with E-state index >= 15 is 0 Å². The zero-order chi connectivity index (χ0) is 57.2. The minimum atomic E-state index is -0.0286. The molecule has 2 heterocycles. The van der Waals surface area contributed by atoms with Gasteiger partial charge in [-0.15, -0.1) is 0 Å². The molecule has 0 saturated carbocycles. The van der Waals surface area contributed by atoms with Crippen molar-refractivity contribution in [3.63, 3.8) is 0 Å². The third-order valence-corrected chi connectivity index (χ3v) is 21.5. The van der Waals surface area contributed by atoms with Gasteiger partial charge >= 0.3 is 0 Å². The first-order chi connectivity index (χ1) is 40.6. The van der Waals surface area contributed by atoms with E-state index in [9.17, 15) is 0 Å². The molecule has 0 spiro atoms. The van der Waals surface area contributed by atoms with Crippen LogP contribution in [-0.4, -0.2) is 17.5 Å². The summed E-state index contributed by atoms with van der Waals surface area (Å²) >= 11 is 2.84. The van der Waals surface area contributed by atoms with E-state index in [0.29, 0.717) is 0 Å². The lowest BCUT2D eigenvalue weighted by atomic mass is 9.68. The van der Waals surface area contributed by atoms with Crippen LogP contribution in [0.4, 0.5) is 0 Å². The summed E-state index contributed by atoms with van der Waals surface area (Å²) in [6, 6.07) is 15.4. The molecule has 2 aliphatic carbocycles. The number of hydrogen-bond acceptors (Lipinski definition) is 6. The predicted molar refractivity (Wildman–Crippen MR) is 364 cm³/mol. The van der Waals surface area contributed by atoms with Gasteiger partial charge in [0.1, 0.15) is 22.1 Å². The summed E-state index contributed by atoms with van der Waals surface area (Å²) in [5, 5.41) is 0. The van der Waals surface area contributed by atoms with Crippen LogP contribution >= 0.6 is 23.5 Å². The van der Waals surface area contributed by atoms with Crippen molar-refractivity contribution >= 4 is 45.5 Å². The summed E-state index contributed by atoms with van der Waals surface area (Å²) in [4.78, 5) is 0. The van der Waals surface area contributed by atoms with E-state index in [4.69, 9.17) is 17.5 Å². The fraction of sp³-hybridized carbons (Fsp3) is 0.763. The predicted octanol–water partition coefficient (Wildman–Crippen LogP) is 26.6. The molecule has 2 aliphatic rings. The van der Waals surface area contributed by atoms with E-state index in [0.717, 1.165) is 22.1 Å². The van der Waals surface area contributed by atoms with Crippen molar-refractivity contribution in [2.24, 2.45) is 0 Å². The number of nitrogens with zero attached hydrogens (tertiary/aromatic N) is 4. The molecule has 0 saturated heterocycles. The Balaban J connectivity index is 1.16. The molecule has 0 N–H and O–H groups in total. The highest BCUT2D eigenvalue weighted by atomic mass is 32.1. The van der Waals surface area contributed by atoms with Crippen molar-refractivity contribution in [1.82, 2.24) is 17.5 Å². The van der Waals surface area contributed by atoms with Crippen LogP contribution in [0.5, 0.6) is 0 Å². The molecular weight excluding hydrogens is 1030 g/mol. The van der Waals surface area contributed by atoms with Gasteiger partial charge < -0.3 is 0 Å². The SMILES string of the molecule is CCCCCCCCCCCCCCC1(CCCCCCCCCCCCCC)c2cc3c(cc2-c2c1ccc1nsnc21)C(CCCCCCCCCCCCCC)(CCCCCCCCCCCCCC)c1ccc2nsnc2c1-3. The largest absolute Gasteiger partial charge is 0.173 e. The van der Waals surface area contributed by atoms with Gasteiger partial charge in [0.05, 0.1) is 23.5 Å². The van der Waals surface area contributed by atoms with Crippen molar-refractivity contribution in [1.29, 1.82) is 0 Å². The van der Waals surface area contributed by atoms with Gasteiger partial charge in [0.15, 0.2) is 0 Å². The van der Waals surface area contributed by atoms with Gasteiger partial charge in [-0.05, 0) is 83.3 Å². The summed E-state index contributed by atoms with van der Waals surface area (Å²) in [5.74, 6) is 0. The molecular formula is C76H122N4S2. The first-order valence-electron chi connectivity index (χ1n) is 36.3. The van der Waals surface area contributed by atoms with E-state index in [1.54, 1.807) is 22.3 Å². The lowest BCUT2D eigenvalue weighted by Crippen LogP contribution is -2.27. The fourth-order valence-corrected chi connectivity index (χ4v) is 16.6. The molecule has 458 valence electrons. The average Bonchev–Trinajstić information content (AvgIpc) is 1.81. The summed E-state index contributed by atoms with van der Waals surface area (Å²) in [5.41, 5.74) is 16.6. The van der Waals surface area contributed by atoms with Gasteiger partial charge in [0, 0.05) is 22.0 Å². The van der Waals surface area contributed by atoms with Crippen LogP contribution < -0.4 is 0 Å². The van der Waals surface area contributed by atoms with E-state index < -0.39 is 0 Å². The third-order valence-electron chi connectivity index (χ3n) is 20.4. The number of hydrogen-bond donors (Lipinski definition) is 0. The molecule has 0 amide bonds. The average molecular weight is 1160 g/mol. The number of aromatic nitrogens is 4. The standard InChI is InChI=1S/C76H122N4S2/c1-5-9-13-17-21-25-29-33-37-41-45-49-57-75(58-50-46-42-38-34-30-26-22-18-14-10-6-2)65-53-55-69-73(79-81-77-69)71(65)63-62-68-64(61-67(63)75)72-66(54-56-70-74(72)80-82-78-70)76(68,59-51-47-43-39-35-31-27-23-19-15-11-7-3)60-52-48-44-40-36-32-28-24-20-16-12-8-4/h53-56,61-62H,5-52,57-60H2,1-4H3. The van der Waals surface area contributed by atoms with Gasteiger partial charge in [-0.1, -0.05) is 348 Å². The second-order valence-corrected chi connectivity index (χ2v) is 28.0. The Morgan fingerprint density at radius 3 is 0.707 bits per heavy atom. The highest BCUT2D eigenvalue weighted by Gasteiger charge is 2.49. The van der Waals surface area contributed by atoms with Gasteiger partial charge in [-0.3, -0.25) is 0 Å². The van der Waals surface area contributed by atoms with Crippen molar-refractivity contribution in [3.8, 4) is 22.3 Å². The Morgan fingerprint density at radius 1 is 0.256 bits per heavy atom. The second kappa shape index (κ2) is 39.2. The summed E-state index contributed by atoms with van der Waals surface area (Å²) in [6.45, 7) is 9.32. The third kappa shape index (κ3) is 19.7. The van der Waals surface area contributed by atoms with Gasteiger partial charge in [-0.25, -0.2) is 0 Å². The quantitative estimate of drug-likeness (QED) is 0.0364. The Morgan fingerprint density at radius 2 is 0.476 bits per heavy atom. The molecule has 82 heavy (non-hydrogen) atoms. The van der Waals surface area contributed by atoms with Crippen LogP contribution in [0.2, 0.25) is 0 Å². The lowest BCUT2D eigenvalue weighted by molar-refractivity contribution is 0.393. The highest BCUT2D eigenvalue weighted by molar-refractivity contribution is 7.00. The van der Waals surface area contributed by atoms with Crippen LogP contribution in [0.1, 0.15) is 384 Å². The molecule has 0 radical (unpaired) electrons. The molecule has 7 rings (SSSR count). The van der Waals surface area contributed by atoms with Gasteiger partial charge in [-0.2, -0.15) is 17.5 Å². The van der Waals surface area contributed by atoms with Gasteiger partial charge in [0.2, 0.25) is 0 Å². The number of rotatable bonds is 52. The van der Waals surface area contributed by atoms with E-state index in [1.807, 2.05) is 0 Å². The maximum atomic E-state index is 5.23. The normalized spacial score (nSPS) is 13.9. The van der Waals surface area contributed by atoms with Crippen LogP contribution in [-0.2, 0) is 10.8 Å². The molecule has 0 unspecified atom stereocenters. The Bertz CT molecular complexity index is 2240. The van der Waals surface area contributed by atoms with Crippen molar-refractivity contribution in [3.05, 3.63) is 58.7 Å². The van der Waals surface area contributed by atoms with E-state index in [-0.39, 0.29) is 10.8 Å². The molecule has 0 atom stereocenters. The first-order valence-corrected chi connectivity index (χ1v) is 37.8. The Kier molecular flexibility index (Phi) is 31.9. The summed E-state index contributed by atoms with van der Waals surface area (Å²) in [7, 11) is 0. The van der Waals surface area contributed by atoms with Crippen molar-refractivity contribution in [2.75, 3.05) is 0 Å². The number of fused-ring (bicyclic) bond motifs is 10. The summed E-state index contributed by atoms with van der Waals surface area (Å²) in [6.07, 6.45) is 71.6.